The minimum Gasteiger partial charge on any atom is -0.444 e. The third-order valence-corrected chi connectivity index (χ3v) is 4.44. The topological polar surface area (TPSA) is 50.6 Å². The molecule has 2 heterocycles. The third kappa shape index (κ3) is 3.70. The number of aryl methyl sites for hydroxylation is 1. The van der Waals surface area contributed by atoms with Gasteiger partial charge in [0.15, 0.2) is 0 Å². The lowest BCUT2D eigenvalue weighted by atomic mass is 10.0. The Morgan fingerprint density at radius 3 is 2.67 bits per heavy atom. The predicted molar refractivity (Wildman–Crippen MR) is 85.5 cm³/mol. The highest BCUT2D eigenvalue weighted by molar-refractivity contribution is 9.10. The molecule has 0 saturated carbocycles. The van der Waals surface area contributed by atoms with E-state index in [0.717, 1.165) is 29.8 Å². The van der Waals surface area contributed by atoms with E-state index in [-0.39, 0.29) is 12.1 Å². The highest BCUT2D eigenvalue weighted by atomic mass is 79.9. The van der Waals surface area contributed by atoms with Gasteiger partial charge in [0.25, 0.3) is 0 Å². The first-order valence-corrected chi connectivity index (χ1v) is 7.86. The number of halogens is 1. The Morgan fingerprint density at radius 1 is 1.57 bits per heavy atom. The summed E-state index contributed by atoms with van der Waals surface area (Å²) in [6, 6.07) is 0.192. The zero-order chi connectivity index (χ0) is 15.8. The Labute approximate surface area is 134 Å². The van der Waals surface area contributed by atoms with Crippen molar-refractivity contribution in [3.05, 3.63) is 10.8 Å². The van der Waals surface area contributed by atoms with Crippen LogP contribution < -0.4 is 4.90 Å². The molecule has 0 unspecified atom stereocenters. The highest BCUT2D eigenvalue weighted by Crippen LogP contribution is 2.27. The van der Waals surface area contributed by atoms with Crippen molar-refractivity contribution in [1.29, 1.82) is 0 Å². The molecule has 1 aliphatic rings. The lowest BCUT2D eigenvalue weighted by molar-refractivity contribution is -0.00358. The molecule has 1 aromatic rings. The van der Waals surface area contributed by atoms with Gasteiger partial charge in [-0.3, -0.25) is 4.68 Å². The molecule has 1 aromatic heterocycles. The molecule has 6 nitrogen and oxygen atoms in total. The van der Waals surface area contributed by atoms with Crippen molar-refractivity contribution in [2.45, 2.75) is 38.8 Å². The first kappa shape index (κ1) is 16.1. The van der Waals surface area contributed by atoms with E-state index in [9.17, 15) is 4.79 Å². The second kappa shape index (κ2) is 5.87. The summed E-state index contributed by atoms with van der Waals surface area (Å²) in [5.74, 6) is 0. The van der Waals surface area contributed by atoms with Crippen molar-refractivity contribution < 1.29 is 9.53 Å². The standard InChI is InChI=1S/C14H23BrN4O2/c1-14(2,3)21-13(20)19-7-6-10(19)9-17(4)11-8-16-18(5)12(11)15/h8,10H,6-7,9H2,1-5H3/t10-/m1/s1. The molecule has 0 aromatic carbocycles. The number of hydrogen-bond donors (Lipinski definition) is 0. The van der Waals surface area contributed by atoms with Crippen LogP contribution in [0.4, 0.5) is 10.5 Å². The fraction of sp³-hybridized carbons (Fsp3) is 0.714. The van der Waals surface area contributed by atoms with E-state index in [4.69, 9.17) is 4.74 Å². The normalized spacial score (nSPS) is 18.4. The van der Waals surface area contributed by atoms with Crippen LogP contribution in [0.2, 0.25) is 0 Å². The summed E-state index contributed by atoms with van der Waals surface area (Å²) in [5.41, 5.74) is 0.573. The van der Waals surface area contributed by atoms with Gasteiger partial charge < -0.3 is 14.5 Å². The Kier molecular flexibility index (Phi) is 4.51. The third-order valence-electron chi connectivity index (χ3n) is 3.52. The Balaban J connectivity index is 1.94. The Hall–Kier alpha value is -1.24. The van der Waals surface area contributed by atoms with Gasteiger partial charge in [0, 0.05) is 27.2 Å². The number of carbonyl (C=O) groups is 1. The van der Waals surface area contributed by atoms with E-state index in [1.807, 2.05) is 41.1 Å². The van der Waals surface area contributed by atoms with Crippen LogP contribution in [0.15, 0.2) is 10.8 Å². The summed E-state index contributed by atoms with van der Waals surface area (Å²) >= 11 is 3.52. The quantitative estimate of drug-likeness (QED) is 0.833. The number of nitrogens with zero attached hydrogens (tertiary/aromatic N) is 4. The van der Waals surface area contributed by atoms with Crippen molar-refractivity contribution in [3.63, 3.8) is 0 Å². The number of amides is 1. The van der Waals surface area contributed by atoms with E-state index >= 15 is 0 Å². The fourth-order valence-corrected chi connectivity index (χ4v) is 2.77. The zero-order valence-corrected chi connectivity index (χ0v) is 14.8. The number of rotatable bonds is 3. The number of carbonyl (C=O) groups excluding carboxylic acids is 1. The molecule has 21 heavy (non-hydrogen) atoms. The maximum absolute atomic E-state index is 12.1. The molecule has 1 aliphatic heterocycles. The minimum atomic E-state index is -0.449. The van der Waals surface area contributed by atoms with Gasteiger partial charge >= 0.3 is 6.09 Å². The van der Waals surface area contributed by atoms with Gasteiger partial charge in [-0.25, -0.2) is 4.79 Å². The van der Waals surface area contributed by atoms with Crippen LogP contribution in [0.3, 0.4) is 0 Å². The van der Waals surface area contributed by atoms with Crippen molar-refractivity contribution in [3.8, 4) is 0 Å². The molecule has 1 saturated heterocycles. The van der Waals surface area contributed by atoms with Crippen LogP contribution in [-0.2, 0) is 11.8 Å². The number of aromatic nitrogens is 2. The van der Waals surface area contributed by atoms with Crippen LogP contribution in [0, 0.1) is 0 Å². The molecule has 7 heteroatoms. The summed E-state index contributed by atoms with van der Waals surface area (Å²) in [4.78, 5) is 16.0. The maximum atomic E-state index is 12.1. The summed E-state index contributed by atoms with van der Waals surface area (Å²) in [7, 11) is 3.89. The van der Waals surface area contributed by atoms with Crippen LogP contribution >= 0.6 is 15.9 Å². The monoisotopic (exact) mass is 358 g/mol. The lowest BCUT2D eigenvalue weighted by Gasteiger charge is -2.43. The summed E-state index contributed by atoms with van der Waals surface area (Å²) in [5, 5.41) is 4.21. The molecule has 1 fully saturated rings. The molecule has 0 N–H and O–H groups in total. The highest BCUT2D eigenvalue weighted by Gasteiger charge is 2.36. The van der Waals surface area contributed by atoms with E-state index in [0.29, 0.717) is 0 Å². The summed E-state index contributed by atoms with van der Waals surface area (Å²) in [6.45, 7) is 7.20. The first-order valence-electron chi connectivity index (χ1n) is 7.07. The van der Waals surface area contributed by atoms with Crippen molar-refractivity contribution in [2.24, 2.45) is 7.05 Å². The van der Waals surface area contributed by atoms with E-state index < -0.39 is 5.60 Å². The van der Waals surface area contributed by atoms with Gasteiger partial charge in [0.1, 0.15) is 10.2 Å². The number of likely N-dealkylation sites (N-methyl/N-ethyl adjacent to an activating group) is 1. The van der Waals surface area contributed by atoms with Crippen LogP contribution in [0.5, 0.6) is 0 Å². The second-order valence-electron chi connectivity index (χ2n) is 6.44. The Bertz CT molecular complexity index is 524. The van der Waals surface area contributed by atoms with Crippen molar-refractivity contribution >= 4 is 27.7 Å². The van der Waals surface area contributed by atoms with E-state index in [1.54, 1.807) is 9.58 Å². The minimum absolute atomic E-state index is 0.192. The maximum Gasteiger partial charge on any atom is 0.410 e. The molecular weight excluding hydrogens is 336 g/mol. The fourth-order valence-electron chi connectivity index (χ4n) is 2.27. The number of ether oxygens (including phenoxy) is 1. The van der Waals surface area contributed by atoms with Crippen molar-refractivity contribution in [2.75, 3.05) is 25.0 Å². The molecule has 0 spiro atoms. The number of hydrogen-bond acceptors (Lipinski definition) is 4. The molecular formula is C14H23BrN4O2. The van der Waals surface area contributed by atoms with Crippen LogP contribution in [-0.4, -0.2) is 52.6 Å². The average molecular weight is 359 g/mol. The first-order chi connectivity index (χ1) is 9.69. The average Bonchev–Trinajstić information content (AvgIpc) is 2.63. The zero-order valence-electron chi connectivity index (χ0n) is 13.3. The molecule has 1 amide bonds. The summed E-state index contributed by atoms with van der Waals surface area (Å²) in [6.07, 6.45) is 2.60. The smallest absolute Gasteiger partial charge is 0.410 e. The van der Waals surface area contributed by atoms with E-state index in [1.165, 1.54) is 0 Å². The van der Waals surface area contributed by atoms with Crippen LogP contribution in [0.25, 0.3) is 0 Å². The number of anilines is 1. The largest absolute Gasteiger partial charge is 0.444 e. The molecule has 0 bridgehead atoms. The molecule has 2 rings (SSSR count). The Morgan fingerprint density at radius 2 is 2.24 bits per heavy atom. The van der Waals surface area contributed by atoms with Gasteiger partial charge in [-0.2, -0.15) is 5.10 Å². The van der Waals surface area contributed by atoms with Gasteiger partial charge in [0.05, 0.1) is 17.9 Å². The van der Waals surface area contributed by atoms with Gasteiger partial charge in [-0.1, -0.05) is 0 Å². The molecule has 0 radical (unpaired) electrons. The van der Waals surface area contributed by atoms with Gasteiger partial charge in [-0.15, -0.1) is 0 Å². The van der Waals surface area contributed by atoms with Crippen molar-refractivity contribution in [1.82, 2.24) is 14.7 Å². The van der Waals surface area contributed by atoms with Gasteiger partial charge in [-0.05, 0) is 43.1 Å². The molecule has 118 valence electrons. The molecule has 1 atom stereocenters. The predicted octanol–water partition coefficient (Wildman–Crippen LogP) is 2.63. The SMILES string of the molecule is CN(C[C@H]1CCN1C(=O)OC(C)(C)C)c1cnn(C)c1Br. The van der Waals surface area contributed by atoms with Gasteiger partial charge in [0.2, 0.25) is 0 Å². The second-order valence-corrected chi connectivity index (χ2v) is 7.19. The summed E-state index contributed by atoms with van der Waals surface area (Å²) < 4.78 is 8.14. The molecule has 0 aliphatic carbocycles. The lowest BCUT2D eigenvalue weighted by Crippen LogP contribution is -2.56. The van der Waals surface area contributed by atoms with E-state index in [2.05, 4.69) is 25.9 Å². The number of likely N-dealkylation sites (tertiary alicyclic amines) is 1. The van der Waals surface area contributed by atoms with Crippen LogP contribution in [0.1, 0.15) is 27.2 Å².